The Bertz CT molecular complexity index is 858. The van der Waals surface area contributed by atoms with E-state index in [0.29, 0.717) is 43.7 Å². The van der Waals surface area contributed by atoms with E-state index in [1.165, 1.54) is 0 Å². The van der Waals surface area contributed by atoms with E-state index in [1.54, 1.807) is 6.20 Å². The summed E-state index contributed by atoms with van der Waals surface area (Å²) in [6.45, 7) is 8.07. The van der Waals surface area contributed by atoms with E-state index in [2.05, 4.69) is 20.6 Å². The van der Waals surface area contributed by atoms with Crippen LogP contribution in [0.3, 0.4) is 0 Å². The molecule has 1 atom stereocenters. The van der Waals surface area contributed by atoms with Crippen molar-refractivity contribution in [2.45, 2.75) is 33.2 Å². The Hall–Kier alpha value is -2.11. The van der Waals surface area contributed by atoms with Crippen LogP contribution in [0, 0.1) is 5.41 Å². The zero-order chi connectivity index (χ0) is 22.7. The molecule has 33 heavy (non-hydrogen) atoms. The van der Waals surface area contributed by atoms with Gasteiger partial charge < -0.3 is 30.0 Å². The van der Waals surface area contributed by atoms with Crippen LogP contribution >= 0.6 is 24.0 Å². The van der Waals surface area contributed by atoms with Crippen LogP contribution in [-0.2, 0) is 11.3 Å². The lowest BCUT2D eigenvalue weighted by Gasteiger charge is -2.27. The minimum Gasteiger partial charge on any atom is -0.490 e. The summed E-state index contributed by atoms with van der Waals surface area (Å²) in [6.07, 6.45) is 3.43. The van der Waals surface area contributed by atoms with Gasteiger partial charge in [-0.25, -0.2) is 9.98 Å². The van der Waals surface area contributed by atoms with E-state index < -0.39 is 0 Å². The molecule has 1 saturated heterocycles. The highest BCUT2D eigenvalue weighted by Crippen LogP contribution is 2.31. The molecule has 1 aromatic carbocycles. The predicted octanol–water partition coefficient (Wildman–Crippen LogP) is 3.73. The van der Waals surface area contributed by atoms with Crippen molar-refractivity contribution >= 4 is 29.9 Å². The molecule has 0 bridgehead atoms. The first kappa shape index (κ1) is 27.1. The normalized spacial score (nSPS) is 17.8. The lowest BCUT2D eigenvalue weighted by molar-refractivity contribution is 0.127. The maximum atomic E-state index is 9.42. The summed E-state index contributed by atoms with van der Waals surface area (Å²) >= 11 is 0. The molecule has 0 radical (unpaired) electrons. The van der Waals surface area contributed by atoms with Crippen molar-refractivity contribution in [1.82, 2.24) is 15.6 Å². The number of aliphatic hydroxyl groups excluding tert-OH is 1. The van der Waals surface area contributed by atoms with Gasteiger partial charge in [-0.3, -0.25) is 0 Å². The van der Waals surface area contributed by atoms with Gasteiger partial charge in [0.05, 0.1) is 19.8 Å². The van der Waals surface area contributed by atoms with Crippen LogP contribution in [0.15, 0.2) is 47.6 Å². The maximum Gasteiger partial charge on any atom is 0.219 e. The highest BCUT2D eigenvalue weighted by atomic mass is 127. The summed E-state index contributed by atoms with van der Waals surface area (Å²) in [5, 5.41) is 16.1. The van der Waals surface area contributed by atoms with Gasteiger partial charge in [-0.1, -0.05) is 18.2 Å². The number of rotatable bonds is 11. The zero-order valence-corrected chi connectivity index (χ0v) is 21.7. The third kappa shape index (κ3) is 8.31. The Labute approximate surface area is 213 Å². The largest absolute Gasteiger partial charge is 0.490 e. The lowest BCUT2D eigenvalue weighted by atomic mass is 9.84. The second-order valence-corrected chi connectivity index (χ2v) is 7.81. The van der Waals surface area contributed by atoms with E-state index in [4.69, 9.17) is 14.2 Å². The number of aromatic nitrogens is 1. The molecular weight excluding hydrogens is 535 g/mol. The fraction of sp³-hybridized carbons (Fsp3) is 0.500. The average Bonchev–Trinajstić information content (AvgIpc) is 3.27. The second kappa shape index (κ2) is 14.2. The van der Waals surface area contributed by atoms with Gasteiger partial charge in [0.15, 0.2) is 17.5 Å². The van der Waals surface area contributed by atoms with Crippen molar-refractivity contribution < 1.29 is 19.3 Å². The molecule has 8 nitrogen and oxygen atoms in total. The van der Waals surface area contributed by atoms with Crippen LogP contribution < -0.4 is 20.1 Å². The Morgan fingerprint density at radius 2 is 2.00 bits per heavy atom. The lowest BCUT2D eigenvalue weighted by Crippen LogP contribution is -2.44. The fourth-order valence-corrected chi connectivity index (χ4v) is 3.58. The molecule has 9 heteroatoms. The van der Waals surface area contributed by atoms with Crippen LogP contribution in [0.5, 0.6) is 17.4 Å². The number of hydrogen-bond donors (Lipinski definition) is 3. The molecule has 2 aromatic rings. The summed E-state index contributed by atoms with van der Waals surface area (Å²) in [5.74, 6) is 2.57. The predicted molar refractivity (Wildman–Crippen MR) is 140 cm³/mol. The highest BCUT2D eigenvalue weighted by molar-refractivity contribution is 14.0. The summed E-state index contributed by atoms with van der Waals surface area (Å²) in [7, 11) is 0. The number of nitrogens with zero attached hydrogens (tertiary/aromatic N) is 2. The van der Waals surface area contributed by atoms with Gasteiger partial charge in [0.1, 0.15) is 0 Å². The van der Waals surface area contributed by atoms with Gasteiger partial charge in [0.25, 0.3) is 0 Å². The van der Waals surface area contributed by atoms with E-state index in [9.17, 15) is 5.11 Å². The summed E-state index contributed by atoms with van der Waals surface area (Å²) in [5.41, 5.74) is 0.936. The standard InChI is InChI=1S/C24H34N4O4.HI/c1-3-25-23(28-17-24(11-13-29)12-14-30-18-24)27-16-19-9-10-22(26-15-19)32-21-8-6-5-7-20(21)31-4-2;/h5-10,15,29H,3-4,11-14,16-18H2,1-2H3,(H2,25,27,28);1H. The molecule has 2 heterocycles. The van der Waals surface area contributed by atoms with Gasteiger partial charge >= 0.3 is 0 Å². The van der Waals surface area contributed by atoms with Gasteiger partial charge in [0.2, 0.25) is 5.88 Å². The van der Waals surface area contributed by atoms with Crippen LogP contribution in [0.2, 0.25) is 0 Å². The summed E-state index contributed by atoms with van der Waals surface area (Å²) in [4.78, 5) is 9.09. The number of para-hydroxylation sites is 2. The van der Waals surface area contributed by atoms with Crippen molar-refractivity contribution in [2.75, 3.05) is 39.5 Å². The van der Waals surface area contributed by atoms with Crippen molar-refractivity contribution in [3.05, 3.63) is 48.2 Å². The first-order valence-corrected chi connectivity index (χ1v) is 11.2. The Kier molecular flexibility index (Phi) is 11.7. The third-order valence-electron chi connectivity index (χ3n) is 5.38. The van der Waals surface area contributed by atoms with Crippen LogP contribution in [-0.4, -0.2) is 55.6 Å². The minimum atomic E-state index is -0.0384. The molecular formula is C24H35IN4O4. The zero-order valence-electron chi connectivity index (χ0n) is 19.4. The van der Waals surface area contributed by atoms with Crippen molar-refractivity contribution in [3.8, 4) is 17.4 Å². The molecule has 1 aliphatic rings. The van der Waals surface area contributed by atoms with Crippen LogP contribution in [0.1, 0.15) is 32.3 Å². The number of aliphatic hydroxyl groups is 1. The Balaban J connectivity index is 0.00000385. The molecule has 3 N–H and O–H groups in total. The first-order valence-electron chi connectivity index (χ1n) is 11.2. The number of hydrogen-bond acceptors (Lipinski definition) is 6. The third-order valence-corrected chi connectivity index (χ3v) is 5.38. The SMILES string of the molecule is CCNC(=NCc1ccc(Oc2ccccc2OCC)nc1)NCC1(CCO)CCOC1.I. The van der Waals surface area contributed by atoms with Gasteiger partial charge in [-0.15, -0.1) is 24.0 Å². The smallest absolute Gasteiger partial charge is 0.219 e. The number of pyridine rings is 1. The quantitative estimate of drug-likeness (QED) is 0.215. The van der Waals surface area contributed by atoms with Gasteiger partial charge in [0, 0.05) is 44.0 Å². The molecule has 0 amide bonds. The van der Waals surface area contributed by atoms with Crippen molar-refractivity contribution in [2.24, 2.45) is 10.4 Å². The van der Waals surface area contributed by atoms with Crippen LogP contribution in [0.4, 0.5) is 0 Å². The molecule has 182 valence electrons. The molecule has 1 fully saturated rings. The van der Waals surface area contributed by atoms with E-state index >= 15 is 0 Å². The average molecular weight is 570 g/mol. The molecule has 3 rings (SSSR count). The molecule has 1 aromatic heterocycles. The molecule has 0 saturated carbocycles. The van der Waals surface area contributed by atoms with E-state index in [-0.39, 0.29) is 36.0 Å². The Morgan fingerprint density at radius 1 is 1.18 bits per heavy atom. The van der Waals surface area contributed by atoms with E-state index in [1.807, 2.05) is 50.2 Å². The number of guanidine groups is 1. The number of benzene rings is 1. The van der Waals surface area contributed by atoms with Crippen molar-refractivity contribution in [1.29, 1.82) is 0 Å². The van der Waals surface area contributed by atoms with Gasteiger partial charge in [-0.2, -0.15) is 0 Å². The molecule has 1 aliphatic heterocycles. The summed E-state index contributed by atoms with van der Waals surface area (Å²) in [6, 6.07) is 11.3. The second-order valence-electron chi connectivity index (χ2n) is 7.81. The first-order chi connectivity index (χ1) is 15.7. The summed E-state index contributed by atoms with van der Waals surface area (Å²) < 4.78 is 17.0. The molecule has 0 spiro atoms. The monoisotopic (exact) mass is 570 g/mol. The number of ether oxygens (including phenoxy) is 3. The number of halogens is 1. The van der Waals surface area contributed by atoms with Gasteiger partial charge in [-0.05, 0) is 44.4 Å². The van der Waals surface area contributed by atoms with Crippen LogP contribution in [0.25, 0.3) is 0 Å². The fourth-order valence-electron chi connectivity index (χ4n) is 3.58. The van der Waals surface area contributed by atoms with Crippen molar-refractivity contribution in [3.63, 3.8) is 0 Å². The molecule has 1 unspecified atom stereocenters. The number of nitrogens with one attached hydrogen (secondary N) is 2. The Morgan fingerprint density at radius 3 is 2.64 bits per heavy atom. The number of aliphatic imine (C=N–C) groups is 1. The minimum absolute atomic E-state index is 0. The van der Waals surface area contributed by atoms with E-state index in [0.717, 1.165) is 37.5 Å². The highest BCUT2D eigenvalue weighted by Gasteiger charge is 2.34. The maximum absolute atomic E-state index is 9.42. The topological polar surface area (TPSA) is 97.2 Å². The molecule has 0 aliphatic carbocycles.